The Labute approximate surface area is 200 Å². The van der Waals surface area contributed by atoms with Gasteiger partial charge in [0.2, 0.25) is 0 Å². The Morgan fingerprint density at radius 1 is 1.09 bits per heavy atom. The number of para-hydroxylation sites is 2. The number of amides is 1. The van der Waals surface area contributed by atoms with Gasteiger partial charge in [-0.3, -0.25) is 4.79 Å². The van der Waals surface area contributed by atoms with Crippen molar-refractivity contribution in [3.63, 3.8) is 0 Å². The number of aromatic nitrogens is 2. The maximum Gasteiger partial charge on any atom is 0.250 e. The monoisotopic (exact) mass is 480 g/mol. The highest BCUT2D eigenvalue weighted by molar-refractivity contribution is 7.99. The molecule has 4 aromatic rings. The Balaban J connectivity index is 1.42. The third-order valence-corrected chi connectivity index (χ3v) is 6.70. The van der Waals surface area contributed by atoms with Crippen molar-refractivity contribution in [2.45, 2.75) is 16.6 Å². The molecule has 0 bridgehead atoms. The number of thioether (sulfide) groups is 2. The minimum atomic E-state index is -0.183. The predicted molar refractivity (Wildman–Crippen MR) is 135 cm³/mol. The van der Waals surface area contributed by atoms with Crippen molar-refractivity contribution in [2.75, 3.05) is 12.0 Å². The molecule has 1 N–H and O–H groups in total. The standard InChI is InChI=1S/C24H21ClN4OS2/c1-31-20-12-8-17(9-13-20)14-26-28-23(30)16-32-24-27-21-4-2-3-5-22(21)29(24)15-18-6-10-19(25)11-7-18/h2-14H,15-16H2,1H3,(H,28,30)/b26-14-. The Bertz CT molecular complexity index is 1240. The lowest BCUT2D eigenvalue weighted by molar-refractivity contribution is -0.118. The van der Waals surface area contributed by atoms with Gasteiger partial charge in [0.1, 0.15) is 0 Å². The van der Waals surface area contributed by atoms with E-state index in [1.54, 1.807) is 18.0 Å². The van der Waals surface area contributed by atoms with Crippen LogP contribution in [0.5, 0.6) is 0 Å². The second-order valence-corrected chi connectivity index (χ2v) is 9.21. The van der Waals surface area contributed by atoms with Crippen LogP contribution in [0.2, 0.25) is 5.02 Å². The third-order valence-electron chi connectivity index (χ3n) is 4.72. The van der Waals surface area contributed by atoms with Gasteiger partial charge in [-0.1, -0.05) is 59.8 Å². The Kier molecular flexibility index (Phi) is 7.52. The van der Waals surface area contributed by atoms with Crippen LogP contribution < -0.4 is 5.43 Å². The van der Waals surface area contributed by atoms with Gasteiger partial charge < -0.3 is 4.57 Å². The van der Waals surface area contributed by atoms with Crippen LogP contribution in [0.4, 0.5) is 0 Å². The zero-order valence-electron chi connectivity index (χ0n) is 17.4. The molecule has 1 aromatic heterocycles. The van der Waals surface area contributed by atoms with E-state index in [0.717, 1.165) is 27.3 Å². The van der Waals surface area contributed by atoms with E-state index in [-0.39, 0.29) is 11.7 Å². The highest BCUT2D eigenvalue weighted by Crippen LogP contribution is 2.25. The molecule has 32 heavy (non-hydrogen) atoms. The molecule has 162 valence electrons. The summed E-state index contributed by atoms with van der Waals surface area (Å²) in [6.45, 7) is 0.645. The fraction of sp³-hybridized carbons (Fsp3) is 0.125. The van der Waals surface area contributed by atoms with Crippen LogP contribution in [-0.2, 0) is 11.3 Å². The highest BCUT2D eigenvalue weighted by atomic mass is 35.5. The van der Waals surface area contributed by atoms with Crippen molar-refractivity contribution in [1.82, 2.24) is 15.0 Å². The van der Waals surface area contributed by atoms with Crippen LogP contribution in [0.1, 0.15) is 11.1 Å². The summed E-state index contributed by atoms with van der Waals surface area (Å²) in [4.78, 5) is 18.2. The number of nitrogens with zero attached hydrogens (tertiary/aromatic N) is 3. The first kappa shape index (κ1) is 22.5. The summed E-state index contributed by atoms with van der Waals surface area (Å²) in [6, 6.07) is 23.7. The Morgan fingerprint density at radius 2 is 1.84 bits per heavy atom. The molecule has 0 spiro atoms. The Hall–Kier alpha value is -2.74. The lowest BCUT2D eigenvalue weighted by Gasteiger charge is -2.09. The number of hydrazone groups is 1. The van der Waals surface area contributed by atoms with Crippen LogP contribution in [0.25, 0.3) is 11.0 Å². The molecule has 8 heteroatoms. The molecule has 0 fully saturated rings. The largest absolute Gasteiger partial charge is 0.314 e. The van der Waals surface area contributed by atoms with Gasteiger partial charge >= 0.3 is 0 Å². The van der Waals surface area contributed by atoms with E-state index in [1.807, 2.05) is 79.1 Å². The molecule has 3 aromatic carbocycles. The minimum Gasteiger partial charge on any atom is -0.314 e. The van der Waals surface area contributed by atoms with Crippen molar-refractivity contribution in [3.05, 3.63) is 88.9 Å². The number of nitrogens with one attached hydrogen (secondary N) is 1. The normalized spacial score (nSPS) is 11.3. The zero-order chi connectivity index (χ0) is 22.3. The van der Waals surface area contributed by atoms with Gasteiger partial charge in [-0.15, -0.1) is 11.8 Å². The molecule has 5 nitrogen and oxygen atoms in total. The van der Waals surface area contributed by atoms with Crippen molar-refractivity contribution in [3.8, 4) is 0 Å². The number of carbonyl (C=O) groups excluding carboxylic acids is 1. The summed E-state index contributed by atoms with van der Waals surface area (Å²) >= 11 is 9.09. The van der Waals surface area contributed by atoms with Gasteiger partial charge in [0.25, 0.3) is 5.91 Å². The number of fused-ring (bicyclic) bond motifs is 1. The van der Waals surface area contributed by atoms with Gasteiger partial charge in [0.05, 0.1) is 29.5 Å². The van der Waals surface area contributed by atoms with E-state index < -0.39 is 0 Å². The number of rotatable bonds is 8. The van der Waals surface area contributed by atoms with E-state index in [0.29, 0.717) is 11.6 Å². The molecule has 0 saturated heterocycles. The van der Waals surface area contributed by atoms with Gasteiger partial charge in [0, 0.05) is 9.92 Å². The number of hydrogen-bond donors (Lipinski definition) is 1. The molecule has 0 saturated carbocycles. The molecular weight excluding hydrogens is 460 g/mol. The van der Waals surface area contributed by atoms with Crippen molar-refractivity contribution in [1.29, 1.82) is 0 Å². The van der Waals surface area contributed by atoms with E-state index >= 15 is 0 Å². The predicted octanol–water partition coefficient (Wildman–Crippen LogP) is 5.70. The fourth-order valence-corrected chi connectivity index (χ4v) is 4.46. The summed E-state index contributed by atoms with van der Waals surface area (Å²) in [6.07, 6.45) is 3.67. The molecular formula is C24H21ClN4OS2. The lowest BCUT2D eigenvalue weighted by Crippen LogP contribution is -2.20. The van der Waals surface area contributed by atoms with Gasteiger partial charge in [-0.05, 0) is 53.8 Å². The van der Waals surface area contributed by atoms with Crippen LogP contribution in [-0.4, -0.2) is 33.7 Å². The lowest BCUT2D eigenvalue weighted by atomic mass is 10.2. The van der Waals surface area contributed by atoms with Crippen LogP contribution in [0.3, 0.4) is 0 Å². The first-order chi connectivity index (χ1) is 15.6. The van der Waals surface area contributed by atoms with E-state index in [1.165, 1.54) is 16.7 Å². The summed E-state index contributed by atoms with van der Waals surface area (Å²) < 4.78 is 2.12. The van der Waals surface area contributed by atoms with Crippen molar-refractivity contribution < 1.29 is 4.79 Å². The molecule has 0 aliphatic rings. The SMILES string of the molecule is CSc1ccc(/C=N\NC(=O)CSc2nc3ccccc3n2Cc2ccc(Cl)cc2)cc1. The second kappa shape index (κ2) is 10.7. The van der Waals surface area contributed by atoms with E-state index in [9.17, 15) is 4.79 Å². The number of imidazole rings is 1. The Morgan fingerprint density at radius 3 is 2.59 bits per heavy atom. The molecule has 0 atom stereocenters. The number of halogens is 1. The molecule has 0 aliphatic heterocycles. The van der Waals surface area contributed by atoms with E-state index in [2.05, 4.69) is 15.1 Å². The van der Waals surface area contributed by atoms with Crippen LogP contribution in [0, 0.1) is 0 Å². The van der Waals surface area contributed by atoms with Crippen molar-refractivity contribution >= 4 is 58.3 Å². The third kappa shape index (κ3) is 5.73. The molecule has 0 unspecified atom stereocenters. The average molecular weight is 481 g/mol. The summed E-state index contributed by atoms with van der Waals surface area (Å²) in [5, 5.41) is 5.56. The molecule has 1 heterocycles. The fourth-order valence-electron chi connectivity index (χ4n) is 3.12. The number of benzene rings is 3. The molecule has 0 aliphatic carbocycles. The van der Waals surface area contributed by atoms with Gasteiger partial charge in [-0.25, -0.2) is 10.4 Å². The number of carbonyl (C=O) groups is 1. The quantitative estimate of drug-likeness (QED) is 0.199. The average Bonchev–Trinajstić information content (AvgIpc) is 3.17. The summed E-state index contributed by atoms with van der Waals surface area (Å²) in [5.41, 5.74) is 6.56. The first-order valence-electron chi connectivity index (χ1n) is 9.91. The first-order valence-corrected chi connectivity index (χ1v) is 12.5. The summed E-state index contributed by atoms with van der Waals surface area (Å²) in [5.74, 6) is 0.0317. The van der Waals surface area contributed by atoms with Crippen molar-refractivity contribution in [2.24, 2.45) is 5.10 Å². The summed E-state index contributed by atoms with van der Waals surface area (Å²) in [7, 11) is 0. The van der Waals surface area contributed by atoms with Crippen LogP contribution >= 0.6 is 35.1 Å². The minimum absolute atomic E-state index is 0.183. The molecule has 0 radical (unpaired) electrons. The molecule has 1 amide bonds. The number of hydrogen-bond acceptors (Lipinski definition) is 5. The smallest absolute Gasteiger partial charge is 0.250 e. The second-order valence-electron chi connectivity index (χ2n) is 6.95. The van der Waals surface area contributed by atoms with Crippen LogP contribution in [0.15, 0.2) is 87.9 Å². The maximum absolute atomic E-state index is 12.3. The van der Waals surface area contributed by atoms with Gasteiger partial charge in [0.15, 0.2) is 5.16 Å². The highest BCUT2D eigenvalue weighted by Gasteiger charge is 2.13. The molecule has 4 rings (SSSR count). The maximum atomic E-state index is 12.3. The zero-order valence-corrected chi connectivity index (χ0v) is 19.8. The van der Waals surface area contributed by atoms with E-state index in [4.69, 9.17) is 16.6 Å². The van der Waals surface area contributed by atoms with Gasteiger partial charge in [-0.2, -0.15) is 5.10 Å². The topological polar surface area (TPSA) is 59.3 Å².